The van der Waals surface area contributed by atoms with Gasteiger partial charge in [-0.2, -0.15) is 0 Å². The van der Waals surface area contributed by atoms with Gasteiger partial charge in [-0.05, 0) is 24.6 Å². The molecule has 0 radical (unpaired) electrons. The zero-order chi connectivity index (χ0) is 15.4. The van der Waals surface area contributed by atoms with E-state index < -0.39 is 4.92 Å². The number of benzene rings is 1. The van der Waals surface area contributed by atoms with Gasteiger partial charge in [0.15, 0.2) is 0 Å². The molecule has 2 N–H and O–H groups in total. The lowest BCUT2D eigenvalue weighted by molar-refractivity contribution is -0.384. The smallest absolute Gasteiger partial charge is 0.288 e. The lowest BCUT2D eigenvalue weighted by atomic mass is 10.1. The summed E-state index contributed by atoms with van der Waals surface area (Å²) in [5.41, 5.74) is 6.50. The normalized spacial score (nSPS) is 12.0. The molecule has 2 aromatic rings. The fraction of sp³-hybridized carbons (Fsp3) is 0.214. The van der Waals surface area contributed by atoms with Gasteiger partial charge in [0, 0.05) is 18.2 Å². The minimum absolute atomic E-state index is 0.0232. The average Bonchev–Trinajstić information content (AvgIpc) is 2.47. The van der Waals surface area contributed by atoms with E-state index in [4.69, 9.17) is 22.1 Å². The van der Waals surface area contributed by atoms with Gasteiger partial charge in [-0.3, -0.25) is 15.1 Å². The molecule has 0 saturated heterocycles. The molecule has 0 saturated carbocycles. The van der Waals surface area contributed by atoms with Gasteiger partial charge in [-0.25, -0.2) is 0 Å². The van der Waals surface area contributed by atoms with Crippen LogP contribution in [0.15, 0.2) is 36.5 Å². The number of ether oxygens (including phenoxy) is 1. The minimum atomic E-state index is -0.547. The van der Waals surface area contributed by atoms with Gasteiger partial charge < -0.3 is 10.5 Å². The second-order valence-corrected chi connectivity index (χ2v) is 4.81. The molecule has 1 aromatic carbocycles. The molecule has 2 rings (SSSR count). The van der Waals surface area contributed by atoms with Crippen LogP contribution >= 0.6 is 11.6 Å². The Labute approximate surface area is 126 Å². The van der Waals surface area contributed by atoms with Crippen molar-refractivity contribution >= 4 is 17.3 Å². The van der Waals surface area contributed by atoms with Crippen LogP contribution in [0.2, 0.25) is 5.02 Å². The van der Waals surface area contributed by atoms with Crippen LogP contribution in [0.3, 0.4) is 0 Å². The average molecular weight is 308 g/mol. The highest BCUT2D eigenvalue weighted by Crippen LogP contribution is 2.30. The molecule has 0 bridgehead atoms. The standard InChI is InChI=1S/C14H14ClN3O3/c1-2-12(16)13-5-3-10(8-17-13)21-9-4-6-14(18(19)20)11(15)7-9/h3-8,12H,2,16H2,1H3/t12-/m1/s1. The molecular formula is C14H14ClN3O3. The summed E-state index contributed by atoms with van der Waals surface area (Å²) in [5.74, 6) is 0.909. The Morgan fingerprint density at radius 2 is 2.10 bits per heavy atom. The van der Waals surface area contributed by atoms with Crippen LogP contribution < -0.4 is 10.5 Å². The van der Waals surface area contributed by atoms with Crippen LogP contribution in [0.5, 0.6) is 11.5 Å². The maximum absolute atomic E-state index is 10.7. The fourth-order valence-corrected chi connectivity index (χ4v) is 1.96. The number of aromatic nitrogens is 1. The molecule has 0 unspecified atom stereocenters. The molecule has 0 aliphatic carbocycles. The summed E-state index contributed by atoms with van der Waals surface area (Å²) in [6.07, 6.45) is 2.35. The predicted octanol–water partition coefficient (Wildman–Crippen LogP) is 3.85. The van der Waals surface area contributed by atoms with Crippen molar-refractivity contribution < 1.29 is 9.66 Å². The number of nitro groups is 1. The summed E-state index contributed by atoms with van der Waals surface area (Å²) in [4.78, 5) is 14.4. The van der Waals surface area contributed by atoms with E-state index in [1.807, 2.05) is 6.92 Å². The Hall–Kier alpha value is -2.18. The van der Waals surface area contributed by atoms with Gasteiger partial charge in [0.1, 0.15) is 16.5 Å². The quantitative estimate of drug-likeness (QED) is 0.669. The summed E-state index contributed by atoms with van der Waals surface area (Å²) >= 11 is 5.82. The first-order chi connectivity index (χ1) is 10.0. The molecule has 0 aliphatic heterocycles. The zero-order valence-electron chi connectivity index (χ0n) is 11.3. The van der Waals surface area contributed by atoms with Crippen molar-refractivity contribution in [2.75, 3.05) is 0 Å². The van der Waals surface area contributed by atoms with Crippen LogP contribution in [0.25, 0.3) is 0 Å². The first-order valence-electron chi connectivity index (χ1n) is 6.34. The van der Waals surface area contributed by atoms with Gasteiger partial charge in [0.2, 0.25) is 0 Å². The Kier molecular flexibility index (Phi) is 4.72. The SMILES string of the molecule is CC[C@@H](N)c1ccc(Oc2ccc([N+](=O)[O-])c(Cl)c2)cn1. The molecule has 1 atom stereocenters. The van der Waals surface area contributed by atoms with Crippen molar-refractivity contribution in [3.05, 3.63) is 57.4 Å². The maximum atomic E-state index is 10.7. The highest BCUT2D eigenvalue weighted by atomic mass is 35.5. The molecule has 6 nitrogen and oxygen atoms in total. The summed E-state index contributed by atoms with van der Waals surface area (Å²) < 4.78 is 5.55. The summed E-state index contributed by atoms with van der Waals surface area (Å²) in [6.45, 7) is 1.98. The molecule has 110 valence electrons. The molecule has 0 amide bonds. The molecule has 0 aliphatic rings. The van der Waals surface area contributed by atoms with Crippen LogP contribution in [0, 0.1) is 10.1 Å². The summed E-state index contributed by atoms with van der Waals surface area (Å²) in [7, 11) is 0. The highest BCUT2D eigenvalue weighted by Gasteiger charge is 2.13. The van der Waals surface area contributed by atoms with Crippen molar-refractivity contribution in [1.82, 2.24) is 4.98 Å². The van der Waals surface area contributed by atoms with Crippen LogP contribution in [0.4, 0.5) is 5.69 Å². The van der Waals surface area contributed by atoms with E-state index in [2.05, 4.69) is 4.98 Å². The Morgan fingerprint density at radius 1 is 1.38 bits per heavy atom. The van der Waals surface area contributed by atoms with E-state index in [1.165, 1.54) is 18.2 Å². The number of halogens is 1. The Balaban J connectivity index is 2.15. The lowest BCUT2D eigenvalue weighted by Crippen LogP contribution is -2.10. The molecule has 7 heteroatoms. The molecule has 0 fully saturated rings. The first kappa shape index (κ1) is 15.2. The van der Waals surface area contributed by atoms with Crippen molar-refractivity contribution in [3.63, 3.8) is 0 Å². The first-order valence-corrected chi connectivity index (χ1v) is 6.72. The second kappa shape index (κ2) is 6.51. The highest BCUT2D eigenvalue weighted by molar-refractivity contribution is 6.32. The predicted molar refractivity (Wildman–Crippen MR) is 79.6 cm³/mol. The molecule has 0 spiro atoms. The van der Waals surface area contributed by atoms with E-state index in [-0.39, 0.29) is 16.8 Å². The van der Waals surface area contributed by atoms with E-state index >= 15 is 0 Å². The topological polar surface area (TPSA) is 91.3 Å². The molecular weight excluding hydrogens is 294 g/mol. The van der Waals surface area contributed by atoms with Crippen molar-refractivity contribution in [1.29, 1.82) is 0 Å². The second-order valence-electron chi connectivity index (χ2n) is 4.41. The van der Waals surface area contributed by atoms with Crippen molar-refractivity contribution in [2.45, 2.75) is 19.4 Å². The van der Waals surface area contributed by atoms with E-state index in [1.54, 1.807) is 18.3 Å². The Bertz CT molecular complexity index is 646. The molecule has 21 heavy (non-hydrogen) atoms. The minimum Gasteiger partial charge on any atom is -0.456 e. The summed E-state index contributed by atoms with van der Waals surface area (Å²) in [6, 6.07) is 7.60. The number of hydrogen-bond acceptors (Lipinski definition) is 5. The van der Waals surface area contributed by atoms with Gasteiger partial charge in [-0.1, -0.05) is 18.5 Å². The van der Waals surface area contributed by atoms with Crippen LogP contribution in [-0.4, -0.2) is 9.91 Å². The monoisotopic (exact) mass is 307 g/mol. The number of rotatable bonds is 5. The van der Waals surface area contributed by atoms with Crippen molar-refractivity contribution in [2.24, 2.45) is 5.73 Å². The fourth-order valence-electron chi connectivity index (χ4n) is 1.72. The maximum Gasteiger partial charge on any atom is 0.288 e. The summed E-state index contributed by atoms with van der Waals surface area (Å²) in [5, 5.41) is 10.7. The molecule has 1 heterocycles. The Morgan fingerprint density at radius 3 is 2.62 bits per heavy atom. The van der Waals surface area contributed by atoms with Gasteiger partial charge >= 0.3 is 0 Å². The largest absolute Gasteiger partial charge is 0.456 e. The lowest BCUT2D eigenvalue weighted by Gasteiger charge is -2.09. The van der Waals surface area contributed by atoms with Gasteiger partial charge in [0.05, 0.1) is 16.8 Å². The zero-order valence-corrected chi connectivity index (χ0v) is 12.1. The van der Waals surface area contributed by atoms with E-state index in [9.17, 15) is 10.1 Å². The number of pyridine rings is 1. The van der Waals surface area contributed by atoms with E-state index in [0.29, 0.717) is 11.5 Å². The van der Waals surface area contributed by atoms with Crippen molar-refractivity contribution in [3.8, 4) is 11.5 Å². The number of hydrogen-bond donors (Lipinski definition) is 1. The number of nitrogens with zero attached hydrogens (tertiary/aromatic N) is 2. The molecule has 1 aromatic heterocycles. The third-order valence-corrected chi connectivity index (χ3v) is 3.23. The van der Waals surface area contributed by atoms with E-state index in [0.717, 1.165) is 12.1 Å². The van der Waals surface area contributed by atoms with Crippen LogP contribution in [-0.2, 0) is 0 Å². The van der Waals surface area contributed by atoms with Crippen LogP contribution in [0.1, 0.15) is 25.1 Å². The third-order valence-electron chi connectivity index (χ3n) is 2.93. The number of nitrogens with two attached hydrogens (primary N) is 1. The van der Waals surface area contributed by atoms with Gasteiger partial charge in [-0.15, -0.1) is 0 Å². The van der Waals surface area contributed by atoms with Gasteiger partial charge in [0.25, 0.3) is 5.69 Å². The third kappa shape index (κ3) is 3.68. The number of nitro benzene ring substituents is 1.